The number of amides is 2. The lowest BCUT2D eigenvalue weighted by Gasteiger charge is -2.29. The van der Waals surface area contributed by atoms with Crippen molar-refractivity contribution >= 4 is 21.8 Å². The first kappa shape index (κ1) is 22.5. The Bertz CT molecular complexity index is 949. The van der Waals surface area contributed by atoms with Gasteiger partial charge in [0, 0.05) is 18.7 Å². The Morgan fingerprint density at radius 2 is 1.77 bits per heavy atom. The monoisotopic (exact) mass is 433 g/mol. The van der Waals surface area contributed by atoms with Crippen molar-refractivity contribution in [2.45, 2.75) is 40.3 Å². The highest BCUT2D eigenvalue weighted by Gasteiger charge is 2.54. The third kappa shape index (κ3) is 4.03. The molecule has 2 heterocycles. The second kappa shape index (κ2) is 8.51. The molecule has 0 radical (unpaired) electrons. The number of carbonyl (C=O) groups is 2. The zero-order chi connectivity index (χ0) is 22.2. The van der Waals surface area contributed by atoms with Crippen LogP contribution in [0.25, 0.3) is 0 Å². The predicted molar refractivity (Wildman–Crippen MR) is 116 cm³/mol. The summed E-state index contributed by atoms with van der Waals surface area (Å²) >= 11 is 0. The molecule has 0 aliphatic carbocycles. The van der Waals surface area contributed by atoms with Crippen molar-refractivity contribution in [2.75, 3.05) is 25.9 Å². The fourth-order valence-corrected chi connectivity index (χ4v) is 5.42. The number of nitrogens with zero attached hydrogens (tertiary/aromatic N) is 3. The molecule has 2 amide bonds. The Labute approximate surface area is 179 Å². The van der Waals surface area contributed by atoms with Crippen LogP contribution in [0.2, 0.25) is 0 Å². The standard InChI is InChI=1S/C22H31N3O4S/c1-6-23(7-2)14-16-8-10-17(11-9-16)21(26)24-13-12-18-20(24)19(15(3)4)22(27)25(18)30(5,28)29/h8-12,15,19-20H,6-7,13-14H2,1-5H3/t19-,20+/m1/s1. The molecule has 2 aliphatic rings. The van der Waals surface area contributed by atoms with Gasteiger partial charge in [0.1, 0.15) is 0 Å². The summed E-state index contributed by atoms with van der Waals surface area (Å²) < 4.78 is 25.4. The van der Waals surface area contributed by atoms with E-state index in [4.69, 9.17) is 0 Å². The van der Waals surface area contributed by atoms with Crippen LogP contribution in [-0.2, 0) is 21.4 Å². The quantitative estimate of drug-likeness (QED) is 0.659. The zero-order valence-electron chi connectivity index (χ0n) is 18.3. The zero-order valence-corrected chi connectivity index (χ0v) is 19.1. The Kier molecular flexibility index (Phi) is 6.38. The molecule has 0 spiro atoms. The van der Waals surface area contributed by atoms with Gasteiger partial charge in [-0.1, -0.05) is 39.8 Å². The van der Waals surface area contributed by atoms with Gasteiger partial charge in [-0.25, -0.2) is 12.7 Å². The van der Waals surface area contributed by atoms with E-state index in [0.717, 1.165) is 35.8 Å². The van der Waals surface area contributed by atoms with E-state index in [0.29, 0.717) is 17.8 Å². The molecule has 3 rings (SSSR count). The second-order valence-corrected chi connectivity index (χ2v) is 10.2. The minimum Gasteiger partial charge on any atom is -0.325 e. The summed E-state index contributed by atoms with van der Waals surface area (Å²) in [5.74, 6) is -1.30. The summed E-state index contributed by atoms with van der Waals surface area (Å²) in [6.07, 6.45) is 2.73. The average molecular weight is 434 g/mol. The van der Waals surface area contributed by atoms with Gasteiger partial charge in [0.05, 0.1) is 23.9 Å². The predicted octanol–water partition coefficient (Wildman–Crippen LogP) is 2.31. The van der Waals surface area contributed by atoms with Gasteiger partial charge in [-0.15, -0.1) is 0 Å². The van der Waals surface area contributed by atoms with Crippen molar-refractivity contribution in [2.24, 2.45) is 11.8 Å². The van der Waals surface area contributed by atoms with E-state index in [1.54, 1.807) is 11.0 Å². The molecule has 8 heteroatoms. The molecule has 164 valence electrons. The maximum Gasteiger partial charge on any atom is 0.254 e. The topological polar surface area (TPSA) is 78.0 Å². The van der Waals surface area contributed by atoms with Crippen molar-refractivity contribution in [3.63, 3.8) is 0 Å². The maximum absolute atomic E-state index is 13.3. The highest BCUT2D eigenvalue weighted by atomic mass is 32.2. The number of carbonyl (C=O) groups excluding carboxylic acids is 2. The van der Waals surface area contributed by atoms with Gasteiger partial charge in [0.25, 0.3) is 5.91 Å². The smallest absolute Gasteiger partial charge is 0.254 e. The molecular formula is C22H31N3O4S. The second-order valence-electron chi connectivity index (χ2n) is 8.33. The van der Waals surface area contributed by atoms with Gasteiger partial charge < -0.3 is 4.90 Å². The Morgan fingerprint density at radius 1 is 1.17 bits per heavy atom. The van der Waals surface area contributed by atoms with Crippen LogP contribution in [-0.4, -0.2) is 66.3 Å². The number of rotatable bonds is 7. The van der Waals surface area contributed by atoms with Crippen LogP contribution in [0.15, 0.2) is 36.0 Å². The van der Waals surface area contributed by atoms with Crippen LogP contribution < -0.4 is 0 Å². The molecule has 0 N–H and O–H groups in total. The van der Waals surface area contributed by atoms with E-state index >= 15 is 0 Å². The van der Waals surface area contributed by atoms with E-state index in [1.807, 2.05) is 38.1 Å². The Hall–Kier alpha value is -2.19. The summed E-state index contributed by atoms with van der Waals surface area (Å²) in [5.41, 5.74) is 2.09. The van der Waals surface area contributed by atoms with E-state index in [2.05, 4.69) is 18.7 Å². The molecule has 1 aromatic carbocycles. The van der Waals surface area contributed by atoms with Crippen LogP contribution in [0.3, 0.4) is 0 Å². The molecule has 2 atom stereocenters. The molecule has 0 unspecified atom stereocenters. The van der Waals surface area contributed by atoms with Crippen molar-refractivity contribution in [1.29, 1.82) is 0 Å². The van der Waals surface area contributed by atoms with Crippen LogP contribution >= 0.6 is 0 Å². The minimum absolute atomic E-state index is 0.0949. The van der Waals surface area contributed by atoms with E-state index in [1.165, 1.54) is 0 Å². The minimum atomic E-state index is -3.74. The Morgan fingerprint density at radius 3 is 2.27 bits per heavy atom. The summed E-state index contributed by atoms with van der Waals surface area (Å²) in [5, 5.41) is 0. The molecule has 0 bridgehead atoms. The van der Waals surface area contributed by atoms with Gasteiger partial charge in [0.2, 0.25) is 15.9 Å². The van der Waals surface area contributed by atoms with Crippen LogP contribution in [0.1, 0.15) is 43.6 Å². The van der Waals surface area contributed by atoms with Crippen molar-refractivity contribution < 1.29 is 18.0 Å². The lowest BCUT2D eigenvalue weighted by molar-refractivity contribution is -0.128. The summed E-state index contributed by atoms with van der Waals surface area (Å²) in [4.78, 5) is 30.1. The van der Waals surface area contributed by atoms with Crippen molar-refractivity contribution in [3.05, 3.63) is 47.2 Å². The van der Waals surface area contributed by atoms with E-state index in [9.17, 15) is 18.0 Å². The van der Waals surface area contributed by atoms with Crippen LogP contribution in [0.5, 0.6) is 0 Å². The van der Waals surface area contributed by atoms with Gasteiger partial charge >= 0.3 is 0 Å². The number of hydrogen-bond donors (Lipinski definition) is 0. The van der Waals surface area contributed by atoms with Crippen LogP contribution in [0.4, 0.5) is 0 Å². The molecule has 7 nitrogen and oxygen atoms in total. The lowest BCUT2D eigenvalue weighted by Crippen LogP contribution is -2.42. The number of hydrogen-bond acceptors (Lipinski definition) is 5. The maximum atomic E-state index is 13.3. The van der Waals surface area contributed by atoms with E-state index in [-0.39, 0.29) is 11.8 Å². The summed E-state index contributed by atoms with van der Waals surface area (Å²) in [6, 6.07) is 7.00. The highest BCUT2D eigenvalue weighted by Crippen LogP contribution is 2.41. The lowest BCUT2D eigenvalue weighted by atomic mass is 9.89. The molecule has 1 fully saturated rings. The molecule has 1 aromatic rings. The number of fused-ring (bicyclic) bond motifs is 1. The Balaban J connectivity index is 1.85. The molecule has 1 saturated heterocycles. The first-order valence-electron chi connectivity index (χ1n) is 10.5. The van der Waals surface area contributed by atoms with Gasteiger partial charge in [-0.3, -0.25) is 14.5 Å². The summed E-state index contributed by atoms with van der Waals surface area (Å²) in [7, 11) is -3.74. The molecule has 0 saturated carbocycles. The largest absolute Gasteiger partial charge is 0.325 e. The molecular weight excluding hydrogens is 402 g/mol. The molecule has 0 aromatic heterocycles. The molecule has 30 heavy (non-hydrogen) atoms. The van der Waals surface area contributed by atoms with Crippen LogP contribution in [0, 0.1) is 11.8 Å². The molecule has 2 aliphatic heterocycles. The normalized spacial score (nSPS) is 21.6. The first-order valence-corrected chi connectivity index (χ1v) is 12.3. The first-order chi connectivity index (χ1) is 14.1. The fourth-order valence-electron chi connectivity index (χ4n) is 4.40. The fraction of sp³-hybridized carbons (Fsp3) is 0.545. The SMILES string of the molecule is CCN(CC)Cc1ccc(C(=O)N2CC=C3[C@H]2[C@@H](C(C)C)C(=O)N3S(C)(=O)=O)cc1. The number of sulfonamides is 1. The van der Waals surface area contributed by atoms with Gasteiger partial charge in [0.15, 0.2) is 0 Å². The highest BCUT2D eigenvalue weighted by molar-refractivity contribution is 7.89. The third-order valence-corrected chi connectivity index (χ3v) is 7.06. The van der Waals surface area contributed by atoms with Gasteiger partial charge in [-0.05, 0) is 42.8 Å². The van der Waals surface area contributed by atoms with E-state index < -0.39 is 27.9 Å². The average Bonchev–Trinajstić information content (AvgIpc) is 3.21. The summed E-state index contributed by atoms with van der Waals surface area (Å²) in [6.45, 7) is 11.0. The third-order valence-electron chi connectivity index (χ3n) is 6.01. The van der Waals surface area contributed by atoms with Crippen molar-refractivity contribution in [1.82, 2.24) is 14.1 Å². The van der Waals surface area contributed by atoms with Crippen molar-refractivity contribution in [3.8, 4) is 0 Å². The van der Waals surface area contributed by atoms with Gasteiger partial charge in [-0.2, -0.15) is 0 Å². The number of benzene rings is 1.